The van der Waals surface area contributed by atoms with Crippen molar-refractivity contribution in [2.45, 2.75) is 50.2 Å². The number of carboxylic acid groups (broad SMARTS) is 1. The van der Waals surface area contributed by atoms with Gasteiger partial charge in [-0.3, -0.25) is 4.79 Å². The minimum absolute atomic E-state index is 0.00759. The number of aliphatic carboxylic acids is 1. The molecule has 0 aromatic rings. The zero-order valence-corrected chi connectivity index (χ0v) is 11.7. The third-order valence-corrected chi connectivity index (χ3v) is 5.62. The highest BCUT2D eigenvalue weighted by molar-refractivity contribution is 7.99. The van der Waals surface area contributed by atoms with Crippen LogP contribution in [0.3, 0.4) is 0 Å². The van der Waals surface area contributed by atoms with Gasteiger partial charge in [0.1, 0.15) is 6.04 Å². The average Bonchev–Trinajstić information content (AvgIpc) is 3.04. The second-order valence-corrected chi connectivity index (χ2v) is 6.77. The molecule has 1 amide bonds. The molecular weight excluding hydrogens is 264 g/mol. The van der Waals surface area contributed by atoms with Gasteiger partial charge in [-0.25, -0.2) is 4.79 Å². The van der Waals surface area contributed by atoms with E-state index in [9.17, 15) is 9.59 Å². The third kappa shape index (κ3) is 2.48. The summed E-state index contributed by atoms with van der Waals surface area (Å²) in [5.74, 6) is 0.756. The fourth-order valence-corrected chi connectivity index (χ4v) is 4.73. The summed E-state index contributed by atoms with van der Waals surface area (Å²) < 4.78 is 0. The Morgan fingerprint density at radius 2 is 2.05 bits per heavy atom. The first-order chi connectivity index (χ1) is 9.16. The molecule has 6 heteroatoms. The minimum atomic E-state index is -0.881. The van der Waals surface area contributed by atoms with Crippen LogP contribution in [0.15, 0.2) is 0 Å². The molecule has 4 atom stereocenters. The molecule has 0 radical (unpaired) electrons. The summed E-state index contributed by atoms with van der Waals surface area (Å²) in [6.07, 6.45) is 5.76. The molecule has 0 bridgehead atoms. The quantitative estimate of drug-likeness (QED) is 0.788. The molecule has 3 rings (SSSR count). The summed E-state index contributed by atoms with van der Waals surface area (Å²) in [5, 5.41) is 12.6. The van der Waals surface area contributed by atoms with E-state index in [1.807, 2.05) is 0 Å². The molecule has 3 aliphatic rings. The molecule has 2 N–H and O–H groups in total. The summed E-state index contributed by atoms with van der Waals surface area (Å²) >= 11 is 1.53. The molecule has 3 fully saturated rings. The Kier molecular flexibility index (Phi) is 3.71. The Hall–Kier alpha value is -0.750. The van der Waals surface area contributed by atoms with Gasteiger partial charge in [-0.2, -0.15) is 0 Å². The highest BCUT2D eigenvalue weighted by Gasteiger charge is 2.43. The van der Waals surface area contributed by atoms with Gasteiger partial charge >= 0.3 is 5.97 Å². The molecule has 2 aliphatic heterocycles. The fraction of sp³-hybridized carbons (Fsp3) is 0.846. The molecule has 19 heavy (non-hydrogen) atoms. The van der Waals surface area contributed by atoms with Gasteiger partial charge in [0, 0.05) is 11.8 Å². The monoisotopic (exact) mass is 284 g/mol. The van der Waals surface area contributed by atoms with Crippen LogP contribution in [-0.2, 0) is 9.59 Å². The molecule has 0 aromatic carbocycles. The predicted octanol–water partition coefficient (Wildman–Crippen LogP) is 0.893. The van der Waals surface area contributed by atoms with Gasteiger partial charge in [0.15, 0.2) is 0 Å². The summed E-state index contributed by atoms with van der Waals surface area (Å²) in [4.78, 5) is 25.2. The summed E-state index contributed by atoms with van der Waals surface area (Å²) in [7, 11) is 0. The number of carboxylic acids is 1. The van der Waals surface area contributed by atoms with Gasteiger partial charge < -0.3 is 15.3 Å². The maximum absolute atomic E-state index is 12.5. The smallest absolute Gasteiger partial charge is 0.327 e. The van der Waals surface area contributed by atoms with Gasteiger partial charge in [-0.15, -0.1) is 11.8 Å². The molecule has 1 aliphatic carbocycles. The van der Waals surface area contributed by atoms with Crippen LogP contribution in [0.1, 0.15) is 32.1 Å². The summed E-state index contributed by atoms with van der Waals surface area (Å²) in [6, 6.07) is -0.322. The first-order valence-electron chi connectivity index (χ1n) is 7.04. The Labute approximate surface area is 117 Å². The first kappa shape index (κ1) is 13.2. The lowest BCUT2D eigenvalue weighted by Crippen LogP contribution is -2.50. The van der Waals surface area contributed by atoms with Crippen molar-refractivity contribution in [2.24, 2.45) is 5.92 Å². The number of hydrogen-bond acceptors (Lipinski definition) is 4. The van der Waals surface area contributed by atoms with Crippen molar-refractivity contribution in [1.29, 1.82) is 0 Å². The number of carbonyl (C=O) groups is 2. The standard InChI is InChI=1S/C13H20N2O3S/c16-12(15-7-19-6-11(15)13(17)18)10-5-8-3-1-2-4-9(8)14-10/h8-11,14H,1-7H2,(H,17,18)/t8?,9?,10?,11-/m0/s1. The second-order valence-electron chi connectivity index (χ2n) is 5.77. The number of thioether (sulfide) groups is 1. The summed E-state index contributed by atoms with van der Waals surface area (Å²) in [6.45, 7) is 0. The predicted molar refractivity (Wildman–Crippen MR) is 72.9 cm³/mol. The SMILES string of the molecule is O=C(O)[C@@H]1CSCN1C(=O)C1CC2CCCCC2N1. The van der Waals surface area contributed by atoms with Crippen molar-refractivity contribution in [1.82, 2.24) is 10.2 Å². The van der Waals surface area contributed by atoms with E-state index < -0.39 is 12.0 Å². The van der Waals surface area contributed by atoms with Crippen LogP contribution >= 0.6 is 11.8 Å². The molecular formula is C13H20N2O3S. The van der Waals surface area contributed by atoms with Crippen molar-refractivity contribution in [3.8, 4) is 0 Å². The number of nitrogens with one attached hydrogen (secondary N) is 1. The van der Waals surface area contributed by atoms with Gasteiger partial charge in [-0.05, 0) is 25.2 Å². The number of rotatable bonds is 2. The van der Waals surface area contributed by atoms with E-state index in [0.717, 1.165) is 12.8 Å². The lowest BCUT2D eigenvalue weighted by Gasteiger charge is -2.25. The topological polar surface area (TPSA) is 69.6 Å². The maximum Gasteiger partial charge on any atom is 0.327 e. The van der Waals surface area contributed by atoms with Crippen molar-refractivity contribution in [3.63, 3.8) is 0 Å². The van der Waals surface area contributed by atoms with E-state index in [4.69, 9.17) is 5.11 Å². The van der Waals surface area contributed by atoms with Crippen molar-refractivity contribution < 1.29 is 14.7 Å². The Morgan fingerprint density at radius 1 is 1.26 bits per heavy atom. The molecule has 2 heterocycles. The largest absolute Gasteiger partial charge is 0.480 e. The Morgan fingerprint density at radius 3 is 2.79 bits per heavy atom. The number of amides is 1. The van der Waals surface area contributed by atoms with Crippen LogP contribution in [-0.4, -0.2) is 51.6 Å². The average molecular weight is 284 g/mol. The Bertz CT molecular complexity index is 376. The third-order valence-electron chi connectivity index (χ3n) is 4.61. The lowest BCUT2D eigenvalue weighted by atomic mass is 9.85. The number of carbonyl (C=O) groups excluding carboxylic acids is 1. The van der Waals surface area contributed by atoms with E-state index in [2.05, 4.69) is 5.32 Å². The van der Waals surface area contributed by atoms with E-state index in [-0.39, 0.29) is 11.9 Å². The molecule has 2 saturated heterocycles. The Balaban J connectivity index is 1.66. The van der Waals surface area contributed by atoms with Gasteiger partial charge in [-0.1, -0.05) is 12.8 Å². The van der Waals surface area contributed by atoms with Crippen LogP contribution in [0.4, 0.5) is 0 Å². The number of fused-ring (bicyclic) bond motifs is 1. The van der Waals surface area contributed by atoms with Crippen molar-refractivity contribution in [2.75, 3.05) is 11.6 Å². The molecule has 1 saturated carbocycles. The second kappa shape index (κ2) is 5.32. The summed E-state index contributed by atoms with van der Waals surface area (Å²) in [5.41, 5.74) is 0. The van der Waals surface area contributed by atoms with Crippen molar-refractivity contribution >= 4 is 23.6 Å². The van der Waals surface area contributed by atoms with Crippen LogP contribution < -0.4 is 5.32 Å². The van der Waals surface area contributed by atoms with Gasteiger partial charge in [0.05, 0.1) is 11.9 Å². The van der Waals surface area contributed by atoms with Gasteiger partial charge in [0.2, 0.25) is 5.91 Å². The fourth-order valence-electron chi connectivity index (χ4n) is 3.58. The zero-order valence-electron chi connectivity index (χ0n) is 10.9. The molecule has 106 valence electrons. The highest BCUT2D eigenvalue weighted by atomic mass is 32.2. The highest BCUT2D eigenvalue weighted by Crippen LogP contribution is 2.34. The van der Waals surface area contributed by atoms with Gasteiger partial charge in [0.25, 0.3) is 0 Å². The van der Waals surface area contributed by atoms with Crippen LogP contribution in [0.2, 0.25) is 0 Å². The van der Waals surface area contributed by atoms with E-state index in [1.54, 1.807) is 4.90 Å². The normalized spacial score (nSPS) is 38.2. The molecule has 5 nitrogen and oxygen atoms in total. The molecule has 0 aromatic heterocycles. The van der Waals surface area contributed by atoms with E-state index >= 15 is 0 Å². The van der Waals surface area contributed by atoms with Crippen LogP contribution in [0.5, 0.6) is 0 Å². The lowest BCUT2D eigenvalue weighted by molar-refractivity contribution is -0.148. The van der Waals surface area contributed by atoms with Crippen molar-refractivity contribution in [3.05, 3.63) is 0 Å². The molecule has 0 spiro atoms. The first-order valence-corrected chi connectivity index (χ1v) is 8.19. The minimum Gasteiger partial charge on any atom is -0.480 e. The van der Waals surface area contributed by atoms with Crippen LogP contribution in [0.25, 0.3) is 0 Å². The zero-order chi connectivity index (χ0) is 13.4. The molecule has 3 unspecified atom stereocenters. The van der Waals surface area contributed by atoms with Crippen LogP contribution in [0, 0.1) is 5.92 Å². The van der Waals surface area contributed by atoms with E-state index in [1.165, 1.54) is 31.0 Å². The van der Waals surface area contributed by atoms with E-state index in [0.29, 0.717) is 23.6 Å². The maximum atomic E-state index is 12.5. The number of nitrogens with zero attached hydrogens (tertiary/aromatic N) is 1. The number of hydrogen-bond donors (Lipinski definition) is 2.